The Morgan fingerprint density at radius 3 is 2.80 bits per heavy atom. The molecule has 0 aliphatic rings. The summed E-state index contributed by atoms with van der Waals surface area (Å²) >= 11 is 5.77. The fraction of sp³-hybridized carbons (Fsp3) is 0.364. The van der Waals surface area contributed by atoms with Crippen LogP contribution >= 0.6 is 11.6 Å². The van der Waals surface area contributed by atoms with Crippen molar-refractivity contribution >= 4 is 23.2 Å². The van der Waals surface area contributed by atoms with Crippen LogP contribution in [0.25, 0.3) is 0 Å². The number of carbonyl (C=O) groups excluding carboxylic acids is 1. The summed E-state index contributed by atoms with van der Waals surface area (Å²) in [7, 11) is 0. The molecular weight excluding hydrogens is 217 g/mol. The van der Waals surface area contributed by atoms with Crippen molar-refractivity contribution in [3.8, 4) is 0 Å². The summed E-state index contributed by atoms with van der Waals surface area (Å²) < 4.78 is 12.7. The maximum absolute atomic E-state index is 12.7. The number of anilines is 1. The van der Waals surface area contributed by atoms with Crippen molar-refractivity contribution in [3.05, 3.63) is 29.0 Å². The Kier molecular flexibility index (Phi) is 4.09. The minimum Gasteiger partial charge on any atom is -0.325 e. The van der Waals surface area contributed by atoms with Gasteiger partial charge in [-0.1, -0.05) is 25.4 Å². The molecule has 1 N–H and O–H groups in total. The smallest absolute Gasteiger partial charge is 0.227 e. The van der Waals surface area contributed by atoms with E-state index in [-0.39, 0.29) is 16.8 Å². The summed E-state index contributed by atoms with van der Waals surface area (Å²) in [5.74, 6) is -0.598. The predicted octanol–water partition coefficient (Wildman–Crippen LogP) is 3.46. The average molecular weight is 230 g/mol. The van der Waals surface area contributed by atoms with E-state index < -0.39 is 5.82 Å². The Labute approximate surface area is 93.4 Å². The molecule has 15 heavy (non-hydrogen) atoms. The average Bonchev–Trinajstić information content (AvgIpc) is 2.20. The molecule has 0 spiro atoms. The normalized spacial score (nSPS) is 12.3. The van der Waals surface area contributed by atoms with E-state index in [1.807, 2.05) is 13.8 Å². The summed E-state index contributed by atoms with van der Waals surface area (Å²) in [4.78, 5) is 11.5. The Bertz CT molecular complexity index is 368. The van der Waals surface area contributed by atoms with Crippen LogP contribution in [0.1, 0.15) is 20.3 Å². The second kappa shape index (κ2) is 5.12. The van der Waals surface area contributed by atoms with Crippen molar-refractivity contribution in [1.29, 1.82) is 0 Å². The molecule has 1 rings (SSSR count). The van der Waals surface area contributed by atoms with Gasteiger partial charge in [0.15, 0.2) is 0 Å². The van der Waals surface area contributed by atoms with E-state index in [1.165, 1.54) is 18.2 Å². The van der Waals surface area contributed by atoms with Crippen molar-refractivity contribution in [2.75, 3.05) is 5.32 Å². The van der Waals surface area contributed by atoms with Gasteiger partial charge in [0, 0.05) is 5.92 Å². The Morgan fingerprint density at radius 2 is 2.27 bits per heavy atom. The minimum absolute atomic E-state index is 0.0777. The quantitative estimate of drug-likeness (QED) is 0.845. The van der Waals surface area contributed by atoms with Crippen molar-refractivity contribution in [2.24, 2.45) is 5.92 Å². The van der Waals surface area contributed by atoms with Crippen molar-refractivity contribution in [1.82, 2.24) is 0 Å². The first-order valence-corrected chi connectivity index (χ1v) is 5.18. The fourth-order valence-electron chi connectivity index (χ4n) is 1.03. The number of carbonyl (C=O) groups is 1. The van der Waals surface area contributed by atoms with Crippen molar-refractivity contribution in [3.63, 3.8) is 0 Å². The molecule has 1 unspecified atom stereocenters. The largest absolute Gasteiger partial charge is 0.325 e. The van der Waals surface area contributed by atoms with Crippen LogP contribution < -0.4 is 5.32 Å². The summed E-state index contributed by atoms with van der Waals surface area (Å²) in [5.41, 5.74) is 0.448. The minimum atomic E-state index is -0.415. The predicted molar refractivity (Wildman–Crippen MR) is 59.5 cm³/mol. The summed E-state index contributed by atoms with van der Waals surface area (Å²) in [6, 6.07) is 3.89. The van der Waals surface area contributed by atoms with Gasteiger partial charge in [0.1, 0.15) is 5.82 Å². The number of halogens is 2. The molecule has 0 radical (unpaired) electrons. The van der Waals surface area contributed by atoms with Crippen LogP contribution in [0, 0.1) is 11.7 Å². The SMILES string of the molecule is CCC(C)C(=O)Nc1ccc(F)cc1Cl. The molecule has 0 bridgehead atoms. The van der Waals surface area contributed by atoms with Crippen LogP contribution in [-0.2, 0) is 4.79 Å². The number of hydrogen-bond donors (Lipinski definition) is 1. The van der Waals surface area contributed by atoms with Crippen LogP contribution in [0.4, 0.5) is 10.1 Å². The lowest BCUT2D eigenvalue weighted by molar-refractivity contribution is -0.119. The molecule has 1 aromatic rings. The van der Waals surface area contributed by atoms with E-state index >= 15 is 0 Å². The standard InChI is InChI=1S/C11H13ClFNO/c1-3-7(2)11(15)14-10-5-4-8(13)6-9(10)12/h4-7H,3H2,1-2H3,(H,14,15). The third-order valence-electron chi connectivity index (χ3n) is 2.25. The molecule has 0 aliphatic carbocycles. The molecule has 0 saturated heterocycles. The molecule has 2 nitrogen and oxygen atoms in total. The number of amides is 1. The zero-order valence-electron chi connectivity index (χ0n) is 8.68. The maximum Gasteiger partial charge on any atom is 0.227 e. The first-order chi connectivity index (χ1) is 7.04. The van der Waals surface area contributed by atoms with Crippen LogP contribution in [-0.4, -0.2) is 5.91 Å². The molecule has 0 heterocycles. The molecule has 1 atom stereocenters. The topological polar surface area (TPSA) is 29.1 Å². The van der Waals surface area contributed by atoms with Crippen LogP contribution in [0.2, 0.25) is 5.02 Å². The van der Waals surface area contributed by atoms with E-state index in [9.17, 15) is 9.18 Å². The zero-order chi connectivity index (χ0) is 11.4. The third-order valence-corrected chi connectivity index (χ3v) is 2.56. The van der Waals surface area contributed by atoms with Gasteiger partial charge in [0.05, 0.1) is 10.7 Å². The third kappa shape index (κ3) is 3.20. The van der Waals surface area contributed by atoms with Gasteiger partial charge in [-0.05, 0) is 24.6 Å². The molecule has 1 aromatic carbocycles. The van der Waals surface area contributed by atoms with Gasteiger partial charge in [-0.25, -0.2) is 4.39 Å². The van der Waals surface area contributed by atoms with Gasteiger partial charge in [-0.2, -0.15) is 0 Å². The Hall–Kier alpha value is -1.09. The van der Waals surface area contributed by atoms with Crippen molar-refractivity contribution in [2.45, 2.75) is 20.3 Å². The highest BCUT2D eigenvalue weighted by Crippen LogP contribution is 2.23. The van der Waals surface area contributed by atoms with Crippen molar-refractivity contribution < 1.29 is 9.18 Å². The Balaban J connectivity index is 2.77. The van der Waals surface area contributed by atoms with Gasteiger partial charge in [-0.15, -0.1) is 0 Å². The maximum atomic E-state index is 12.7. The number of hydrogen-bond acceptors (Lipinski definition) is 1. The van der Waals surface area contributed by atoms with E-state index in [4.69, 9.17) is 11.6 Å². The van der Waals surface area contributed by atoms with E-state index in [1.54, 1.807) is 0 Å². The van der Waals surface area contributed by atoms with E-state index in [0.717, 1.165) is 6.42 Å². The first kappa shape index (κ1) is 12.0. The number of nitrogens with one attached hydrogen (secondary N) is 1. The molecular formula is C11H13ClFNO. The second-order valence-corrected chi connectivity index (χ2v) is 3.83. The van der Waals surface area contributed by atoms with Gasteiger partial charge in [0.25, 0.3) is 0 Å². The lowest BCUT2D eigenvalue weighted by Gasteiger charge is -2.10. The molecule has 0 aliphatic heterocycles. The van der Waals surface area contributed by atoms with Gasteiger partial charge >= 0.3 is 0 Å². The fourth-order valence-corrected chi connectivity index (χ4v) is 1.25. The highest BCUT2D eigenvalue weighted by atomic mass is 35.5. The lowest BCUT2D eigenvalue weighted by atomic mass is 10.1. The van der Waals surface area contributed by atoms with Crippen LogP contribution in [0.3, 0.4) is 0 Å². The molecule has 0 aromatic heterocycles. The van der Waals surface area contributed by atoms with Crippen LogP contribution in [0.15, 0.2) is 18.2 Å². The lowest BCUT2D eigenvalue weighted by Crippen LogP contribution is -2.19. The molecule has 0 saturated carbocycles. The highest BCUT2D eigenvalue weighted by molar-refractivity contribution is 6.33. The van der Waals surface area contributed by atoms with Gasteiger partial charge in [-0.3, -0.25) is 4.79 Å². The molecule has 1 amide bonds. The number of rotatable bonds is 3. The highest BCUT2D eigenvalue weighted by Gasteiger charge is 2.12. The van der Waals surface area contributed by atoms with Crippen LogP contribution in [0.5, 0.6) is 0 Å². The summed E-state index contributed by atoms with van der Waals surface area (Å²) in [5, 5.41) is 2.87. The number of benzene rings is 1. The molecule has 0 fully saturated rings. The summed E-state index contributed by atoms with van der Waals surface area (Å²) in [6.07, 6.45) is 0.755. The van der Waals surface area contributed by atoms with E-state index in [0.29, 0.717) is 5.69 Å². The second-order valence-electron chi connectivity index (χ2n) is 3.42. The summed E-state index contributed by atoms with van der Waals surface area (Å²) in [6.45, 7) is 3.75. The molecule has 82 valence electrons. The van der Waals surface area contributed by atoms with E-state index in [2.05, 4.69) is 5.32 Å². The van der Waals surface area contributed by atoms with Gasteiger partial charge < -0.3 is 5.32 Å². The van der Waals surface area contributed by atoms with Gasteiger partial charge in [0.2, 0.25) is 5.91 Å². The monoisotopic (exact) mass is 229 g/mol. The zero-order valence-corrected chi connectivity index (χ0v) is 9.44. The Morgan fingerprint density at radius 1 is 1.60 bits per heavy atom. The first-order valence-electron chi connectivity index (χ1n) is 4.80. The molecule has 4 heteroatoms.